The second-order valence-corrected chi connectivity index (χ2v) is 8.88. The van der Waals surface area contributed by atoms with Gasteiger partial charge in [-0.25, -0.2) is 4.79 Å². The molecule has 0 aliphatic heterocycles. The van der Waals surface area contributed by atoms with Crippen LogP contribution in [0.2, 0.25) is 0 Å². The summed E-state index contributed by atoms with van der Waals surface area (Å²) >= 11 is 3.42. The summed E-state index contributed by atoms with van der Waals surface area (Å²) in [5.41, 5.74) is 1.33. The van der Waals surface area contributed by atoms with Crippen LogP contribution >= 0.6 is 15.9 Å². The molecule has 10 nitrogen and oxygen atoms in total. The smallest absolute Gasteiger partial charge is 0.329 e. The van der Waals surface area contributed by atoms with E-state index >= 15 is 0 Å². The number of hydrogen-bond donors (Lipinski definition) is 2. The number of nitrogens with one attached hydrogen (secondary N) is 1. The van der Waals surface area contributed by atoms with E-state index in [0.717, 1.165) is 16.5 Å². The number of azo groups is 1. The monoisotopic (exact) mass is 535 g/mol. The van der Waals surface area contributed by atoms with E-state index in [-0.39, 0.29) is 29.0 Å². The van der Waals surface area contributed by atoms with Gasteiger partial charge in [0.1, 0.15) is 0 Å². The lowest BCUT2D eigenvalue weighted by atomic mass is 10.1. The Kier molecular flexibility index (Phi) is 5.85. The number of benzene rings is 2. The van der Waals surface area contributed by atoms with E-state index in [9.17, 15) is 14.7 Å². The van der Waals surface area contributed by atoms with Gasteiger partial charge in [0.15, 0.2) is 16.9 Å². The number of para-hydroxylation sites is 1. The molecule has 3 heterocycles. The molecule has 11 heteroatoms. The van der Waals surface area contributed by atoms with Crippen LogP contribution in [0.25, 0.3) is 22.1 Å². The molecule has 0 radical (unpaired) electrons. The highest BCUT2D eigenvalue weighted by Gasteiger charge is 2.23. The van der Waals surface area contributed by atoms with Crippen molar-refractivity contribution in [2.75, 3.05) is 5.33 Å². The van der Waals surface area contributed by atoms with Gasteiger partial charge in [-0.05, 0) is 18.6 Å². The Bertz CT molecular complexity index is 1700. The van der Waals surface area contributed by atoms with Gasteiger partial charge in [-0.3, -0.25) is 18.9 Å². The van der Waals surface area contributed by atoms with Crippen molar-refractivity contribution < 1.29 is 5.11 Å². The van der Waals surface area contributed by atoms with Crippen molar-refractivity contribution in [3.05, 3.63) is 81.0 Å². The van der Waals surface area contributed by atoms with Crippen LogP contribution in [0.3, 0.4) is 0 Å². The van der Waals surface area contributed by atoms with Crippen LogP contribution < -0.4 is 11.2 Å². The minimum Gasteiger partial charge on any atom is -0.493 e. The van der Waals surface area contributed by atoms with Crippen molar-refractivity contribution in [2.45, 2.75) is 19.5 Å². The number of rotatable bonds is 6. The first kappa shape index (κ1) is 22.8. The Labute approximate surface area is 207 Å². The molecule has 0 spiro atoms. The Morgan fingerprint density at radius 2 is 1.80 bits per heavy atom. The first-order chi connectivity index (χ1) is 16.9. The Morgan fingerprint density at radius 3 is 2.54 bits per heavy atom. The van der Waals surface area contributed by atoms with Crippen LogP contribution in [0, 0.1) is 0 Å². The summed E-state index contributed by atoms with van der Waals surface area (Å²) in [5, 5.41) is 21.0. The summed E-state index contributed by atoms with van der Waals surface area (Å²) in [7, 11) is 1.53. The first-order valence-electron chi connectivity index (χ1n) is 11.0. The van der Waals surface area contributed by atoms with Gasteiger partial charge in [0.25, 0.3) is 11.5 Å². The van der Waals surface area contributed by atoms with Crippen molar-refractivity contribution in [2.24, 2.45) is 17.3 Å². The maximum absolute atomic E-state index is 12.9. The number of aryl methyl sites for hydroxylation is 2. The molecule has 0 aliphatic carbocycles. The average molecular weight is 536 g/mol. The lowest BCUT2D eigenvalue weighted by molar-refractivity contribution is 0.427. The lowest BCUT2D eigenvalue weighted by Crippen LogP contribution is -2.29. The summed E-state index contributed by atoms with van der Waals surface area (Å²) in [6, 6.07) is 16.8. The van der Waals surface area contributed by atoms with Crippen LogP contribution in [0.1, 0.15) is 18.5 Å². The molecule has 0 saturated heterocycles. The lowest BCUT2D eigenvalue weighted by Gasteiger charge is -2.15. The minimum absolute atomic E-state index is 0.0154. The Morgan fingerprint density at radius 1 is 1.09 bits per heavy atom. The molecule has 5 aromatic rings. The van der Waals surface area contributed by atoms with E-state index in [4.69, 9.17) is 0 Å². The fourth-order valence-electron chi connectivity index (χ4n) is 4.28. The maximum atomic E-state index is 12.9. The number of H-pyrrole nitrogens is 1. The van der Waals surface area contributed by atoms with E-state index in [1.807, 2.05) is 61.5 Å². The third-order valence-corrected chi connectivity index (χ3v) is 6.42. The molecule has 35 heavy (non-hydrogen) atoms. The van der Waals surface area contributed by atoms with Gasteiger partial charge < -0.3 is 9.67 Å². The molecule has 2 aromatic carbocycles. The number of nitrogens with zero attached hydrogens (tertiary/aromatic N) is 6. The zero-order valence-electron chi connectivity index (χ0n) is 19.0. The summed E-state index contributed by atoms with van der Waals surface area (Å²) < 4.78 is 4.67. The highest BCUT2D eigenvalue weighted by Crippen LogP contribution is 2.40. The largest absolute Gasteiger partial charge is 0.493 e. The van der Waals surface area contributed by atoms with Gasteiger partial charge in [0.05, 0.1) is 11.6 Å². The molecular formula is C24H22BrN7O3. The van der Waals surface area contributed by atoms with Crippen molar-refractivity contribution in [1.29, 1.82) is 0 Å². The predicted octanol–water partition coefficient (Wildman–Crippen LogP) is 4.50. The number of halogens is 1. The molecule has 0 aliphatic rings. The van der Waals surface area contributed by atoms with E-state index < -0.39 is 11.2 Å². The van der Waals surface area contributed by atoms with Crippen molar-refractivity contribution >= 4 is 49.6 Å². The molecule has 178 valence electrons. The summed E-state index contributed by atoms with van der Waals surface area (Å²) in [6.45, 7) is 2.46. The van der Waals surface area contributed by atoms with E-state index in [0.29, 0.717) is 17.6 Å². The first-order valence-corrected chi connectivity index (χ1v) is 12.1. The second kappa shape index (κ2) is 8.99. The van der Waals surface area contributed by atoms with E-state index in [2.05, 4.69) is 36.1 Å². The van der Waals surface area contributed by atoms with Gasteiger partial charge in [0.2, 0.25) is 5.88 Å². The van der Waals surface area contributed by atoms with Crippen LogP contribution in [-0.2, 0) is 13.6 Å². The predicted molar refractivity (Wildman–Crippen MR) is 137 cm³/mol. The Balaban J connectivity index is 1.74. The molecule has 3 aromatic heterocycles. The Hall–Kier alpha value is -3.99. The van der Waals surface area contributed by atoms with E-state index in [1.54, 1.807) is 9.13 Å². The second-order valence-electron chi connectivity index (χ2n) is 8.09. The fraction of sp³-hybridized carbons (Fsp3) is 0.208. The number of aromatic hydroxyl groups is 1. The topological polar surface area (TPSA) is 123 Å². The highest BCUT2D eigenvalue weighted by atomic mass is 79.9. The normalized spacial score (nSPS) is 12.8. The van der Waals surface area contributed by atoms with Crippen molar-refractivity contribution in [3.8, 4) is 5.88 Å². The summed E-state index contributed by atoms with van der Waals surface area (Å²) in [4.78, 5) is 31.9. The van der Waals surface area contributed by atoms with Gasteiger partial charge in [-0.2, -0.15) is 4.98 Å². The molecule has 2 N–H and O–H groups in total. The summed E-state index contributed by atoms with van der Waals surface area (Å²) in [5.74, 6) is 0.123. The third-order valence-electron chi connectivity index (χ3n) is 6.07. The number of aromatic nitrogens is 5. The van der Waals surface area contributed by atoms with Gasteiger partial charge in [-0.15, -0.1) is 10.2 Å². The molecule has 1 atom stereocenters. The number of hydrogen-bond acceptors (Lipinski definition) is 6. The molecular weight excluding hydrogens is 514 g/mol. The van der Waals surface area contributed by atoms with Crippen molar-refractivity contribution in [3.63, 3.8) is 0 Å². The van der Waals surface area contributed by atoms with E-state index in [1.165, 1.54) is 11.6 Å². The molecule has 0 unspecified atom stereocenters. The number of imidazole rings is 1. The van der Waals surface area contributed by atoms with Crippen LogP contribution in [0.4, 0.5) is 11.6 Å². The van der Waals surface area contributed by atoms with Crippen LogP contribution in [0.5, 0.6) is 5.88 Å². The number of fused-ring (bicyclic) bond motifs is 2. The van der Waals surface area contributed by atoms with Crippen LogP contribution in [-0.4, -0.2) is 34.1 Å². The SMILES string of the molecule is C[C@@H](c1ccccc1)n1c(N=Nc2c(O)n(CCBr)c3ccccc23)nc2c1c(=O)[nH]c(=O)n2C. The standard InChI is InChI=1S/C24H22BrN7O3/c1-14(15-8-4-3-5-9-15)32-19-20(30(2)24(35)27-21(19)33)26-23(32)29-28-18-16-10-6-7-11-17(16)31(13-12-25)22(18)34/h3-11,14,34H,12-13H2,1-2H3,(H,27,33,35)/t14-/m0/s1. The quantitative estimate of drug-likeness (QED) is 0.245. The molecule has 0 saturated carbocycles. The molecule has 0 amide bonds. The van der Waals surface area contributed by atoms with Crippen LogP contribution in [0.15, 0.2) is 74.4 Å². The summed E-state index contributed by atoms with van der Waals surface area (Å²) in [6.07, 6.45) is 0. The number of alkyl halides is 1. The molecule has 0 fully saturated rings. The van der Waals surface area contributed by atoms with Gasteiger partial charge in [-0.1, -0.05) is 64.5 Å². The zero-order chi connectivity index (χ0) is 24.7. The fourth-order valence-corrected chi connectivity index (χ4v) is 4.64. The minimum atomic E-state index is -0.571. The third kappa shape index (κ3) is 3.77. The average Bonchev–Trinajstić information content (AvgIpc) is 3.38. The number of aromatic amines is 1. The van der Waals surface area contributed by atoms with Crippen molar-refractivity contribution in [1.82, 2.24) is 23.7 Å². The zero-order valence-corrected chi connectivity index (χ0v) is 20.6. The molecule has 0 bridgehead atoms. The molecule has 5 rings (SSSR count). The maximum Gasteiger partial charge on any atom is 0.329 e. The van der Waals surface area contributed by atoms with Gasteiger partial charge in [0, 0.05) is 24.3 Å². The highest BCUT2D eigenvalue weighted by molar-refractivity contribution is 9.09. The van der Waals surface area contributed by atoms with Gasteiger partial charge >= 0.3 is 5.69 Å².